The number of hydrogen-bond acceptors (Lipinski definition) is 3. The summed E-state index contributed by atoms with van der Waals surface area (Å²) >= 11 is 0. The smallest absolute Gasteiger partial charge is 0.258 e. The first kappa shape index (κ1) is 18.9. The van der Waals surface area contributed by atoms with Crippen LogP contribution in [0.5, 0.6) is 0 Å². The molecule has 0 unspecified atom stereocenters. The lowest BCUT2D eigenvalue weighted by Gasteiger charge is -2.16. The quantitative estimate of drug-likeness (QED) is 0.617. The maximum atomic E-state index is 13.6. The van der Waals surface area contributed by atoms with Crippen LogP contribution < -0.4 is 10.6 Å². The zero-order valence-electron chi connectivity index (χ0n) is 16.4. The highest BCUT2D eigenvalue weighted by Crippen LogP contribution is 2.37. The molecular weight excluding hydrogens is 365 g/mol. The van der Waals surface area contributed by atoms with Gasteiger partial charge < -0.3 is 15.5 Å². The van der Waals surface area contributed by atoms with Gasteiger partial charge >= 0.3 is 0 Å². The summed E-state index contributed by atoms with van der Waals surface area (Å²) in [5.74, 6) is -0.627. The van der Waals surface area contributed by atoms with Gasteiger partial charge in [0.25, 0.3) is 5.91 Å². The lowest BCUT2D eigenvalue weighted by molar-refractivity contribution is -0.110. The predicted octanol–water partition coefficient (Wildman–Crippen LogP) is 4.82. The van der Waals surface area contributed by atoms with Crippen LogP contribution in [0, 0.1) is 5.82 Å². The first-order valence-electron chi connectivity index (χ1n) is 9.43. The Bertz CT molecular complexity index is 1090. The number of amides is 1. The lowest BCUT2D eigenvalue weighted by Crippen LogP contribution is -2.12. The van der Waals surface area contributed by atoms with E-state index in [4.69, 9.17) is 0 Å². The zero-order chi connectivity index (χ0) is 20.4. The molecule has 1 aliphatic heterocycles. The summed E-state index contributed by atoms with van der Waals surface area (Å²) < 4.78 is 13.6. The van der Waals surface area contributed by atoms with Gasteiger partial charge in [0.15, 0.2) is 0 Å². The van der Waals surface area contributed by atoms with E-state index in [1.165, 1.54) is 12.1 Å². The van der Waals surface area contributed by atoms with E-state index in [2.05, 4.69) is 27.7 Å². The SMILES string of the molecule is CN(C)Cc1cccc(N/C(=C2\C(=O)Nc3cc(F)ccc32)c2ccccc2)c1. The molecule has 1 aliphatic rings. The van der Waals surface area contributed by atoms with Crippen molar-refractivity contribution in [1.82, 2.24) is 4.90 Å². The van der Waals surface area contributed by atoms with Crippen molar-refractivity contribution in [3.63, 3.8) is 0 Å². The number of carbonyl (C=O) groups is 1. The highest BCUT2D eigenvalue weighted by atomic mass is 19.1. The number of anilines is 2. The van der Waals surface area contributed by atoms with Gasteiger partial charge in [-0.3, -0.25) is 4.79 Å². The van der Waals surface area contributed by atoms with Crippen LogP contribution in [0.1, 0.15) is 16.7 Å². The van der Waals surface area contributed by atoms with Gasteiger partial charge in [-0.25, -0.2) is 4.39 Å². The molecule has 0 aliphatic carbocycles. The minimum Gasteiger partial charge on any atom is -0.354 e. The molecule has 2 N–H and O–H groups in total. The largest absolute Gasteiger partial charge is 0.354 e. The summed E-state index contributed by atoms with van der Waals surface area (Å²) in [6, 6.07) is 22.2. The first-order chi connectivity index (χ1) is 14.0. The second kappa shape index (κ2) is 7.89. The molecule has 3 aromatic rings. The molecule has 3 aromatic carbocycles. The Hall–Kier alpha value is -3.44. The van der Waals surface area contributed by atoms with Crippen molar-refractivity contribution in [3.8, 4) is 0 Å². The standard InChI is InChI=1S/C24H22FN3O/c1-28(2)15-16-7-6-10-19(13-16)26-23(17-8-4-3-5-9-17)22-20-12-11-18(25)14-21(20)27-24(22)29/h3-14,26H,15H2,1-2H3,(H,27,29)/b23-22-. The van der Waals surface area contributed by atoms with E-state index in [9.17, 15) is 9.18 Å². The third-order valence-corrected chi connectivity index (χ3v) is 4.73. The Kier molecular flexibility index (Phi) is 5.14. The number of nitrogens with one attached hydrogen (secondary N) is 2. The summed E-state index contributed by atoms with van der Waals surface area (Å²) in [6.07, 6.45) is 0. The van der Waals surface area contributed by atoms with E-state index in [1.54, 1.807) is 6.07 Å². The van der Waals surface area contributed by atoms with Gasteiger partial charge in [-0.05, 0) is 55.6 Å². The maximum Gasteiger partial charge on any atom is 0.258 e. The van der Waals surface area contributed by atoms with Crippen molar-refractivity contribution in [3.05, 3.63) is 95.3 Å². The van der Waals surface area contributed by atoms with Gasteiger partial charge in [0.2, 0.25) is 0 Å². The van der Waals surface area contributed by atoms with Crippen LogP contribution in [0.25, 0.3) is 11.3 Å². The zero-order valence-corrected chi connectivity index (χ0v) is 16.4. The molecule has 0 saturated heterocycles. The predicted molar refractivity (Wildman–Crippen MR) is 116 cm³/mol. The van der Waals surface area contributed by atoms with Crippen molar-refractivity contribution in [1.29, 1.82) is 0 Å². The number of halogens is 1. The van der Waals surface area contributed by atoms with Crippen LogP contribution in [0.2, 0.25) is 0 Å². The Morgan fingerprint density at radius 2 is 1.79 bits per heavy atom. The third kappa shape index (κ3) is 4.05. The molecule has 0 radical (unpaired) electrons. The van der Waals surface area contributed by atoms with E-state index >= 15 is 0 Å². The molecule has 0 saturated carbocycles. The van der Waals surface area contributed by atoms with Crippen molar-refractivity contribution in [2.75, 3.05) is 24.7 Å². The summed E-state index contributed by atoms with van der Waals surface area (Å²) in [5.41, 5.74) is 5.30. The Morgan fingerprint density at radius 3 is 2.55 bits per heavy atom. The maximum absolute atomic E-state index is 13.6. The molecule has 0 spiro atoms. The van der Waals surface area contributed by atoms with Crippen LogP contribution in [0.4, 0.5) is 15.8 Å². The minimum atomic E-state index is -0.379. The van der Waals surface area contributed by atoms with Crippen molar-refractivity contribution < 1.29 is 9.18 Å². The normalized spacial score (nSPS) is 14.6. The average molecular weight is 387 g/mol. The van der Waals surface area contributed by atoms with E-state index < -0.39 is 0 Å². The number of carbonyl (C=O) groups excluding carboxylic acids is 1. The van der Waals surface area contributed by atoms with Crippen molar-refractivity contribution in [2.45, 2.75) is 6.54 Å². The van der Waals surface area contributed by atoms with Crippen LogP contribution in [0.15, 0.2) is 72.8 Å². The van der Waals surface area contributed by atoms with Gasteiger partial charge in [0.1, 0.15) is 5.82 Å². The summed E-state index contributed by atoms with van der Waals surface area (Å²) in [5, 5.41) is 6.22. The lowest BCUT2D eigenvalue weighted by atomic mass is 10.00. The number of fused-ring (bicyclic) bond motifs is 1. The highest BCUT2D eigenvalue weighted by molar-refractivity contribution is 6.37. The number of benzene rings is 3. The fourth-order valence-electron chi connectivity index (χ4n) is 3.53. The molecule has 1 amide bonds. The monoisotopic (exact) mass is 387 g/mol. The van der Waals surface area contributed by atoms with Gasteiger partial charge in [0, 0.05) is 17.8 Å². The fourth-order valence-corrected chi connectivity index (χ4v) is 3.53. The number of nitrogens with zero attached hydrogens (tertiary/aromatic N) is 1. The first-order valence-corrected chi connectivity index (χ1v) is 9.43. The summed E-state index contributed by atoms with van der Waals surface area (Å²) in [6.45, 7) is 0.815. The average Bonchev–Trinajstić information content (AvgIpc) is 3.01. The highest BCUT2D eigenvalue weighted by Gasteiger charge is 2.28. The Labute approximate surface area is 169 Å². The van der Waals surface area contributed by atoms with Gasteiger partial charge in [-0.15, -0.1) is 0 Å². The topological polar surface area (TPSA) is 44.4 Å². The minimum absolute atomic E-state index is 0.249. The molecule has 0 bridgehead atoms. The van der Waals surface area contributed by atoms with Crippen LogP contribution in [-0.4, -0.2) is 24.9 Å². The van der Waals surface area contributed by atoms with Gasteiger partial charge in [-0.1, -0.05) is 42.5 Å². The summed E-state index contributed by atoms with van der Waals surface area (Å²) in [7, 11) is 4.05. The molecule has 0 aromatic heterocycles. The van der Waals surface area contributed by atoms with Crippen LogP contribution in [0.3, 0.4) is 0 Å². The summed E-state index contributed by atoms with van der Waals surface area (Å²) in [4.78, 5) is 14.9. The number of hydrogen-bond donors (Lipinski definition) is 2. The van der Waals surface area contributed by atoms with Crippen molar-refractivity contribution in [2.24, 2.45) is 0 Å². The van der Waals surface area contributed by atoms with E-state index in [1.807, 2.05) is 56.6 Å². The fraction of sp³-hybridized carbons (Fsp3) is 0.125. The molecule has 146 valence electrons. The molecule has 0 atom stereocenters. The second-order valence-electron chi connectivity index (χ2n) is 7.32. The van der Waals surface area contributed by atoms with E-state index in [0.29, 0.717) is 22.5 Å². The van der Waals surface area contributed by atoms with Crippen LogP contribution in [-0.2, 0) is 11.3 Å². The second-order valence-corrected chi connectivity index (χ2v) is 7.32. The molecule has 29 heavy (non-hydrogen) atoms. The number of rotatable bonds is 5. The van der Waals surface area contributed by atoms with E-state index in [-0.39, 0.29) is 11.7 Å². The van der Waals surface area contributed by atoms with E-state index in [0.717, 1.165) is 23.4 Å². The molecule has 4 rings (SSSR count). The van der Waals surface area contributed by atoms with Crippen LogP contribution >= 0.6 is 0 Å². The third-order valence-electron chi connectivity index (χ3n) is 4.73. The van der Waals surface area contributed by atoms with Gasteiger partial charge in [0.05, 0.1) is 17.0 Å². The molecule has 1 heterocycles. The van der Waals surface area contributed by atoms with Crippen molar-refractivity contribution >= 4 is 28.6 Å². The molecule has 4 nitrogen and oxygen atoms in total. The molecular formula is C24H22FN3O. The Balaban J connectivity index is 1.83. The molecule has 5 heteroatoms. The molecule has 0 fully saturated rings. The Morgan fingerprint density at radius 1 is 1.00 bits per heavy atom. The van der Waals surface area contributed by atoms with Gasteiger partial charge in [-0.2, -0.15) is 0 Å².